The van der Waals surface area contributed by atoms with Gasteiger partial charge in [-0.05, 0) is 37.8 Å². The number of hydrogen-bond acceptors (Lipinski definition) is 5. The maximum absolute atomic E-state index is 9.59. The van der Waals surface area contributed by atoms with Crippen molar-refractivity contribution in [2.75, 3.05) is 6.61 Å². The Morgan fingerprint density at radius 1 is 1.36 bits per heavy atom. The molecule has 0 aliphatic heterocycles. The van der Waals surface area contributed by atoms with Gasteiger partial charge in [0.05, 0.1) is 12.3 Å². The highest BCUT2D eigenvalue weighted by molar-refractivity contribution is 7.09. The van der Waals surface area contributed by atoms with E-state index >= 15 is 0 Å². The Morgan fingerprint density at radius 3 is 2.82 bits per heavy atom. The molecule has 1 unspecified atom stereocenters. The van der Waals surface area contributed by atoms with E-state index in [1.807, 2.05) is 30.3 Å². The average Bonchev–Trinajstić information content (AvgIpc) is 3.32. The average molecular weight is 318 g/mol. The molecular formula is C17H22N2O2S. The molecule has 2 aromatic rings. The largest absolute Gasteiger partial charge is 0.486 e. The van der Waals surface area contributed by atoms with E-state index in [9.17, 15) is 5.11 Å². The van der Waals surface area contributed by atoms with Crippen molar-refractivity contribution in [3.05, 3.63) is 46.4 Å². The number of aliphatic hydroxyl groups excluding tert-OH is 1. The molecule has 0 spiro atoms. The van der Waals surface area contributed by atoms with Gasteiger partial charge in [-0.1, -0.05) is 18.2 Å². The molecule has 1 atom stereocenters. The summed E-state index contributed by atoms with van der Waals surface area (Å²) in [5.41, 5.74) is 0.835. The summed E-state index contributed by atoms with van der Waals surface area (Å²) >= 11 is 1.61. The van der Waals surface area contributed by atoms with Gasteiger partial charge in [0.15, 0.2) is 0 Å². The molecule has 0 bridgehead atoms. The minimum atomic E-state index is -0.176. The molecule has 1 aliphatic rings. The lowest BCUT2D eigenvalue weighted by Crippen LogP contribution is -2.47. The predicted octanol–water partition coefficient (Wildman–Crippen LogP) is 2.97. The summed E-state index contributed by atoms with van der Waals surface area (Å²) in [4.78, 5) is 4.59. The lowest BCUT2D eigenvalue weighted by molar-refractivity contribution is 0.153. The van der Waals surface area contributed by atoms with Crippen LogP contribution in [0.5, 0.6) is 5.75 Å². The minimum absolute atomic E-state index is 0.172. The summed E-state index contributed by atoms with van der Waals surface area (Å²) in [5, 5.41) is 16.1. The van der Waals surface area contributed by atoms with Crippen molar-refractivity contribution in [3.8, 4) is 5.75 Å². The molecule has 1 heterocycles. The summed E-state index contributed by atoms with van der Waals surface area (Å²) in [6.45, 7) is 3.45. The van der Waals surface area contributed by atoms with Crippen LogP contribution in [0.2, 0.25) is 0 Å². The van der Waals surface area contributed by atoms with Crippen LogP contribution in [-0.2, 0) is 13.2 Å². The van der Waals surface area contributed by atoms with Gasteiger partial charge in [0, 0.05) is 17.5 Å². The lowest BCUT2D eigenvalue weighted by Gasteiger charge is -2.28. The number of aromatic nitrogens is 1. The van der Waals surface area contributed by atoms with E-state index in [0.717, 1.165) is 16.5 Å². The first-order chi connectivity index (χ1) is 10.7. The first-order valence-corrected chi connectivity index (χ1v) is 8.54. The van der Waals surface area contributed by atoms with E-state index in [1.165, 1.54) is 12.8 Å². The maximum atomic E-state index is 9.59. The van der Waals surface area contributed by atoms with E-state index < -0.39 is 0 Å². The van der Waals surface area contributed by atoms with Crippen LogP contribution >= 0.6 is 11.3 Å². The molecule has 1 aromatic carbocycles. The Balaban J connectivity index is 1.50. The van der Waals surface area contributed by atoms with Crippen molar-refractivity contribution < 1.29 is 9.84 Å². The van der Waals surface area contributed by atoms with E-state index in [1.54, 1.807) is 11.3 Å². The SMILES string of the molecule is CC(CO)(NCc1csc(COc2ccccc2)n1)C1CC1. The molecule has 118 valence electrons. The molecule has 0 radical (unpaired) electrons. The van der Waals surface area contributed by atoms with Crippen LogP contribution in [0, 0.1) is 5.92 Å². The van der Waals surface area contributed by atoms with Crippen molar-refractivity contribution in [1.29, 1.82) is 0 Å². The zero-order valence-corrected chi connectivity index (χ0v) is 13.6. The Kier molecular flexibility index (Phi) is 4.76. The second kappa shape index (κ2) is 6.77. The van der Waals surface area contributed by atoms with E-state index in [2.05, 4.69) is 22.6 Å². The lowest BCUT2D eigenvalue weighted by atomic mass is 9.97. The molecule has 5 heteroatoms. The van der Waals surface area contributed by atoms with Crippen molar-refractivity contribution in [3.63, 3.8) is 0 Å². The van der Waals surface area contributed by atoms with Crippen LogP contribution in [0.4, 0.5) is 0 Å². The molecule has 2 N–H and O–H groups in total. The van der Waals surface area contributed by atoms with Crippen molar-refractivity contribution in [2.24, 2.45) is 5.92 Å². The molecule has 22 heavy (non-hydrogen) atoms. The number of rotatable bonds is 8. The molecule has 1 aromatic heterocycles. The molecule has 0 saturated heterocycles. The van der Waals surface area contributed by atoms with Crippen LogP contribution in [0.3, 0.4) is 0 Å². The first kappa shape index (κ1) is 15.5. The zero-order chi connectivity index (χ0) is 15.4. The highest BCUT2D eigenvalue weighted by Crippen LogP contribution is 2.39. The second-order valence-electron chi connectivity index (χ2n) is 6.04. The Labute approximate surface area is 135 Å². The molecule has 4 nitrogen and oxygen atoms in total. The van der Waals surface area contributed by atoms with E-state index in [0.29, 0.717) is 19.1 Å². The number of ether oxygens (including phenoxy) is 1. The number of para-hydroxylation sites is 1. The van der Waals surface area contributed by atoms with Gasteiger partial charge in [0.25, 0.3) is 0 Å². The predicted molar refractivity (Wildman–Crippen MR) is 87.9 cm³/mol. The minimum Gasteiger partial charge on any atom is -0.486 e. The Morgan fingerprint density at radius 2 is 2.14 bits per heavy atom. The highest BCUT2D eigenvalue weighted by atomic mass is 32.1. The fraction of sp³-hybridized carbons (Fsp3) is 0.471. The fourth-order valence-electron chi connectivity index (χ4n) is 2.50. The summed E-state index contributed by atoms with van der Waals surface area (Å²) in [6, 6.07) is 9.77. The molecule has 1 saturated carbocycles. The molecule has 1 fully saturated rings. The quantitative estimate of drug-likeness (QED) is 0.786. The summed E-state index contributed by atoms with van der Waals surface area (Å²) in [5.74, 6) is 1.45. The Bertz CT molecular complexity index is 598. The summed E-state index contributed by atoms with van der Waals surface area (Å²) in [7, 11) is 0. The van der Waals surface area contributed by atoms with E-state index in [4.69, 9.17) is 4.74 Å². The van der Waals surface area contributed by atoms with Gasteiger partial charge in [0.2, 0.25) is 0 Å². The van der Waals surface area contributed by atoms with Crippen LogP contribution in [0.25, 0.3) is 0 Å². The fourth-order valence-corrected chi connectivity index (χ4v) is 3.21. The van der Waals surface area contributed by atoms with Crippen molar-refractivity contribution in [2.45, 2.75) is 38.5 Å². The third-order valence-electron chi connectivity index (χ3n) is 4.19. The van der Waals surface area contributed by atoms with Gasteiger partial charge in [-0.3, -0.25) is 0 Å². The van der Waals surface area contributed by atoms with Gasteiger partial charge in [-0.2, -0.15) is 0 Å². The number of hydrogen-bond donors (Lipinski definition) is 2. The number of aliphatic hydroxyl groups is 1. The van der Waals surface area contributed by atoms with Crippen LogP contribution < -0.4 is 10.1 Å². The van der Waals surface area contributed by atoms with Gasteiger partial charge >= 0.3 is 0 Å². The molecule has 1 aliphatic carbocycles. The summed E-state index contributed by atoms with van der Waals surface area (Å²) < 4.78 is 5.71. The van der Waals surface area contributed by atoms with Crippen molar-refractivity contribution in [1.82, 2.24) is 10.3 Å². The van der Waals surface area contributed by atoms with E-state index in [-0.39, 0.29) is 12.1 Å². The number of nitrogens with zero attached hydrogens (tertiary/aromatic N) is 1. The summed E-state index contributed by atoms with van der Waals surface area (Å²) in [6.07, 6.45) is 2.41. The number of thiazole rings is 1. The number of benzene rings is 1. The Hall–Kier alpha value is -1.43. The van der Waals surface area contributed by atoms with Gasteiger partial charge < -0.3 is 15.2 Å². The van der Waals surface area contributed by atoms with Crippen LogP contribution in [-0.4, -0.2) is 22.2 Å². The van der Waals surface area contributed by atoms with Gasteiger partial charge in [-0.15, -0.1) is 11.3 Å². The third kappa shape index (κ3) is 3.85. The smallest absolute Gasteiger partial charge is 0.140 e. The molecule has 0 amide bonds. The topological polar surface area (TPSA) is 54.4 Å². The van der Waals surface area contributed by atoms with Crippen LogP contribution in [0.15, 0.2) is 35.7 Å². The highest BCUT2D eigenvalue weighted by Gasteiger charge is 2.40. The van der Waals surface area contributed by atoms with Crippen molar-refractivity contribution >= 4 is 11.3 Å². The first-order valence-electron chi connectivity index (χ1n) is 7.66. The normalized spacial score (nSPS) is 17.2. The number of nitrogens with one attached hydrogen (secondary N) is 1. The van der Waals surface area contributed by atoms with Gasteiger partial charge in [0.1, 0.15) is 17.4 Å². The molecule has 3 rings (SSSR count). The zero-order valence-electron chi connectivity index (χ0n) is 12.8. The maximum Gasteiger partial charge on any atom is 0.140 e. The van der Waals surface area contributed by atoms with Gasteiger partial charge in [-0.25, -0.2) is 4.98 Å². The second-order valence-corrected chi connectivity index (χ2v) is 6.98. The standard InChI is InChI=1S/C17H22N2O2S/c1-17(12-20,13-7-8-13)18-9-14-11-22-16(19-14)10-21-15-5-3-2-4-6-15/h2-6,11,13,18,20H,7-10,12H2,1H3. The van der Waals surface area contributed by atoms with Crippen LogP contribution in [0.1, 0.15) is 30.5 Å². The third-order valence-corrected chi connectivity index (χ3v) is 5.06. The molecular weight excluding hydrogens is 296 g/mol. The monoisotopic (exact) mass is 318 g/mol.